The minimum absolute atomic E-state index is 0.288. The van der Waals surface area contributed by atoms with Crippen molar-refractivity contribution in [1.29, 1.82) is 0 Å². The highest BCUT2D eigenvalue weighted by Gasteiger charge is 2.20. The van der Waals surface area contributed by atoms with Crippen LogP contribution in [0.5, 0.6) is 5.88 Å². The lowest BCUT2D eigenvalue weighted by atomic mass is 10.0. The van der Waals surface area contributed by atoms with Gasteiger partial charge in [-0.05, 0) is 35.0 Å². The Bertz CT molecular complexity index is 609. The number of methoxy groups -OCH3 is 1. The van der Waals surface area contributed by atoms with Crippen molar-refractivity contribution in [3.8, 4) is 5.88 Å². The Morgan fingerprint density at radius 2 is 2.19 bits per heavy atom. The molecule has 0 aliphatic rings. The molecule has 1 aromatic carbocycles. The first-order chi connectivity index (χ1) is 10.2. The predicted octanol–water partition coefficient (Wildman–Crippen LogP) is 3.48. The molecule has 6 heteroatoms. The van der Waals surface area contributed by atoms with Gasteiger partial charge in [-0.2, -0.15) is 0 Å². The van der Waals surface area contributed by atoms with Gasteiger partial charge in [0.25, 0.3) is 0 Å². The van der Waals surface area contributed by atoms with Crippen LogP contribution >= 0.6 is 15.9 Å². The van der Waals surface area contributed by atoms with E-state index in [4.69, 9.17) is 4.74 Å². The highest BCUT2D eigenvalue weighted by Crippen LogP contribution is 2.28. The van der Waals surface area contributed by atoms with Crippen LogP contribution in [0.25, 0.3) is 0 Å². The van der Waals surface area contributed by atoms with Crippen molar-refractivity contribution in [2.24, 2.45) is 0 Å². The Kier molecular flexibility index (Phi) is 5.64. The van der Waals surface area contributed by atoms with Crippen LogP contribution in [-0.4, -0.2) is 23.6 Å². The molecular weight excluding hydrogens is 337 g/mol. The normalized spacial score (nSPS) is 12.2. The molecule has 0 saturated heterocycles. The molecule has 1 N–H and O–H groups in total. The number of nitrogens with one attached hydrogen (secondary N) is 1. The number of rotatable bonds is 6. The van der Waals surface area contributed by atoms with Gasteiger partial charge >= 0.3 is 0 Å². The van der Waals surface area contributed by atoms with Crippen molar-refractivity contribution < 1.29 is 9.13 Å². The number of aromatic nitrogens is 2. The number of hydrogen-bond donors (Lipinski definition) is 1. The van der Waals surface area contributed by atoms with E-state index < -0.39 is 0 Å². The van der Waals surface area contributed by atoms with Gasteiger partial charge in [-0.25, -0.2) is 14.4 Å². The van der Waals surface area contributed by atoms with Gasteiger partial charge in [0.15, 0.2) is 0 Å². The van der Waals surface area contributed by atoms with Crippen LogP contribution in [0.3, 0.4) is 0 Å². The Morgan fingerprint density at radius 3 is 2.90 bits per heavy atom. The van der Waals surface area contributed by atoms with Crippen LogP contribution < -0.4 is 10.1 Å². The number of halogens is 2. The van der Waals surface area contributed by atoms with E-state index in [1.807, 2.05) is 6.07 Å². The SMILES string of the molecule is CCCNC(c1cc(OC)ncn1)c1cccc(Br)c1F. The lowest BCUT2D eigenvalue weighted by molar-refractivity contribution is 0.394. The van der Waals surface area contributed by atoms with Crippen LogP contribution in [0.1, 0.15) is 30.6 Å². The monoisotopic (exact) mass is 353 g/mol. The third-order valence-corrected chi connectivity index (χ3v) is 3.67. The Balaban J connectivity index is 2.44. The van der Waals surface area contributed by atoms with Gasteiger partial charge in [-0.15, -0.1) is 0 Å². The molecule has 21 heavy (non-hydrogen) atoms. The average molecular weight is 354 g/mol. The molecule has 0 spiro atoms. The van der Waals surface area contributed by atoms with Crippen molar-refractivity contribution in [2.45, 2.75) is 19.4 Å². The third-order valence-electron chi connectivity index (χ3n) is 3.06. The fourth-order valence-corrected chi connectivity index (χ4v) is 2.41. The standard InChI is InChI=1S/C15H17BrFN3O/c1-3-7-18-15(10-5-4-6-11(16)14(10)17)12-8-13(21-2)20-9-19-12/h4-6,8-9,15,18H,3,7H2,1-2H3. The lowest BCUT2D eigenvalue weighted by Crippen LogP contribution is -2.25. The zero-order valence-electron chi connectivity index (χ0n) is 11.9. The summed E-state index contributed by atoms with van der Waals surface area (Å²) in [7, 11) is 1.54. The lowest BCUT2D eigenvalue weighted by Gasteiger charge is -2.19. The fourth-order valence-electron chi connectivity index (χ4n) is 2.03. The van der Waals surface area contributed by atoms with Crippen molar-refractivity contribution in [1.82, 2.24) is 15.3 Å². The summed E-state index contributed by atoms with van der Waals surface area (Å²) >= 11 is 3.22. The van der Waals surface area contributed by atoms with Gasteiger partial charge in [-0.3, -0.25) is 0 Å². The molecule has 0 saturated carbocycles. The topological polar surface area (TPSA) is 47.0 Å². The maximum Gasteiger partial charge on any atom is 0.216 e. The van der Waals surface area contributed by atoms with E-state index in [0.29, 0.717) is 21.6 Å². The Hall–Kier alpha value is -1.53. The molecular formula is C15H17BrFN3O. The van der Waals surface area contributed by atoms with Crippen molar-refractivity contribution >= 4 is 15.9 Å². The molecule has 2 rings (SSSR count). The molecule has 1 heterocycles. The van der Waals surface area contributed by atoms with E-state index in [1.54, 1.807) is 25.3 Å². The van der Waals surface area contributed by atoms with Gasteiger partial charge < -0.3 is 10.1 Å². The molecule has 1 aromatic heterocycles. The predicted molar refractivity (Wildman–Crippen MR) is 82.8 cm³/mol. The zero-order chi connectivity index (χ0) is 15.2. The van der Waals surface area contributed by atoms with Gasteiger partial charge in [0.2, 0.25) is 5.88 Å². The molecule has 0 aliphatic heterocycles. The first-order valence-electron chi connectivity index (χ1n) is 6.70. The molecule has 0 aliphatic carbocycles. The quantitative estimate of drug-likeness (QED) is 0.863. The maximum absolute atomic E-state index is 14.4. The van der Waals surface area contributed by atoms with Gasteiger partial charge in [0.1, 0.15) is 12.1 Å². The summed E-state index contributed by atoms with van der Waals surface area (Å²) in [6.45, 7) is 2.81. The molecule has 0 amide bonds. The molecule has 1 unspecified atom stereocenters. The fraction of sp³-hybridized carbons (Fsp3) is 0.333. The molecule has 2 aromatic rings. The Morgan fingerprint density at radius 1 is 1.38 bits per heavy atom. The van der Waals surface area contributed by atoms with Crippen molar-refractivity contribution in [2.75, 3.05) is 13.7 Å². The third kappa shape index (κ3) is 3.77. The number of nitrogens with zero attached hydrogens (tertiary/aromatic N) is 2. The van der Waals surface area contributed by atoms with E-state index in [9.17, 15) is 4.39 Å². The zero-order valence-corrected chi connectivity index (χ0v) is 13.5. The van der Waals surface area contributed by atoms with Crippen LogP contribution in [-0.2, 0) is 0 Å². The van der Waals surface area contributed by atoms with E-state index in [0.717, 1.165) is 13.0 Å². The van der Waals surface area contributed by atoms with Crippen molar-refractivity contribution in [3.05, 3.63) is 52.1 Å². The molecule has 112 valence electrons. The summed E-state index contributed by atoms with van der Waals surface area (Å²) in [6, 6.07) is 6.60. The van der Waals surface area contributed by atoms with E-state index >= 15 is 0 Å². The molecule has 0 fully saturated rings. The summed E-state index contributed by atoms with van der Waals surface area (Å²) in [5.41, 5.74) is 1.21. The second-order valence-corrected chi connectivity index (χ2v) is 5.37. The minimum atomic E-state index is -0.348. The van der Waals surface area contributed by atoms with Crippen LogP contribution in [0.2, 0.25) is 0 Å². The largest absolute Gasteiger partial charge is 0.481 e. The first-order valence-corrected chi connectivity index (χ1v) is 7.49. The van der Waals surface area contributed by atoms with Gasteiger partial charge in [0, 0.05) is 11.6 Å². The highest BCUT2D eigenvalue weighted by atomic mass is 79.9. The maximum atomic E-state index is 14.4. The molecule has 4 nitrogen and oxygen atoms in total. The number of benzene rings is 1. The molecule has 0 radical (unpaired) electrons. The van der Waals surface area contributed by atoms with Crippen LogP contribution in [0, 0.1) is 5.82 Å². The first kappa shape index (κ1) is 15.9. The second kappa shape index (κ2) is 7.47. The summed E-state index contributed by atoms with van der Waals surface area (Å²) in [6.07, 6.45) is 2.36. The summed E-state index contributed by atoms with van der Waals surface area (Å²) in [4.78, 5) is 8.24. The number of ether oxygens (including phenoxy) is 1. The van der Waals surface area contributed by atoms with Crippen LogP contribution in [0.15, 0.2) is 35.1 Å². The van der Waals surface area contributed by atoms with E-state index in [-0.39, 0.29) is 11.9 Å². The minimum Gasteiger partial charge on any atom is -0.481 e. The van der Waals surface area contributed by atoms with E-state index in [2.05, 4.69) is 38.1 Å². The Labute approximate surface area is 131 Å². The average Bonchev–Trinajstić information content (AvgIpc) is 2.52. The van der Waals surface area contributed by atoms with Gasteiger partial charge in [0.05, 0.1) is 23.3 Å². The molecule has 0 bridgehead atoms. The van der Waals surface area contributed by atoms with Crippen molar-refractivity contribution in [3.63, 3.8) is 0 Å². The van der Waals surface area contributed by atoms with Gasteiger partial charge in [-0.1, -0.05) is 19.1 Å². The molecule has 1 atom stereocenters. The van der Waals surface area contributed by atoms with E-state index in [1.165, 1.54) is 6.33 Å². The highest BCUT2D eigenvalue weighted by molar-refractivity contribution is 9.10. The summed E-state index contributed by atoms with van der Waals surface area (Å²) in [5, 5.41) is 3.31. The summed E-state index contributed by atoms with van der Waals surface area (Å²) < 4.78 is 19.9. The number of hydrogen-bond acceptors (Lipinski definition) is 4. The van der Waals surface area contributed by atoms with Crippen LogP contribution in [0.4, 0.5) is 4.39 Å². The summed E-state index contributed by atoms with van der Waals surface area (Å²) in [5.74, 6) is 0.169. The second-order valence-electron chi connectivity index (χ2n) is 4.52. The smallest absolute Gasteiger partial charge is 0.216 e.